The molecule has 0 unspecified atom stereocenters. The van der Waals surface area contributed by atoms with Crippen LogP contribution in [0.2, 0.25) is 0 Å². The van der Waals surface area contributed by atoms with Gasteiger partial charge in [0.15, 0.2) is 0 Å². The Kier molecular flexibility index (Phi) is 3.65. The number of halogens is 1. The summed E-state index contributed by atoms with van der Waals surface area (Å²) in [6.45, 7) is 2.24. The highest BCUT2D eigenvalue weighted by atomic mass is 32.2. The van der Waals surface area contributed by atoms with Gasteiger partial charge in [0.25, 0.3) is 10.0 Å². The molecule has 7 nitrogen and oxygen atoms in total. The molecule has 1 rings (SSSR count). The minimum absolute atomic E-state index is 0.0353. The number of carbonyl (C=O) groups is 1. The SMILES string of the molecule is CC(=O)NS(=O)(=O)c1cc([N+](=O)[O-])c(F)cc1C. The van der Waals surface area contributed by atoms with Crippen LogP contribution in [-0.4, -0.2) is 19.2 Å². The van der Waals surface area contributed by atoms with E-state index in [9.17, 15) is 27.7 Å². The van der Waals surface area contributed by atoms with Crippen LogP contribution in [0.3, 0.4) is 0 Å². The molecule has 0 aliphatic heterocycles. The summed E-state index contributed by atoms with van der Waals surface area (Å²) in [5.41, 5.74) is -1.00. The summed E-state index contributed by atoms with van der Waals surface area (Å²) in [4.78, 5) is 19.7. The summed E-state index contributed by atoms with van der Waals surface area (Å²) in [7, 11) is -4.23. The Balaban J connectivity index is 3.46. The number of nitro benzene ring substituents is 1. The molecule has 1 aromatic rings. The van der Waals surface area contributed by atoms with Gasteiger partial charge in [0.05, 0.1) is 9.82 Å². The lowest BCUT2D eigenvalue weighted by atomic mass is 10.2. The highest BCUT2D eigenvalue weighted by Gasteiger charge is 2.24. The molecular formula is C9H9FN2O5S. The Morgan fingerprint density at radius 2 is 2.00 bits per heavy atom. The highest BCUT2D eigenvalue weighted by Crippen LogP contribution is 2.25. The standard InChI is InChI=1S/C9H9FN2O5S/c1-5-3-7(10)8(12(14)15)4-9(5)18(16,17)11-6(2)13/h3-4H,1-2H3,(H,11,13). The van der Waals surface area contributed by atoms with E-state index >= 15 is 0 Å². The molecule has 0 spiro atoms. The number of nitrogens with one attached hydrogen (secondary N) is 1. The van der Waals surface area contributed by atoms with Crippen LogP contribution in [0.15, 0.2) is 17.0 Å². The third-order valence-electron chi connectivity index (χ3n) is 2.01. The van der Waals surface area contributed by atoms with Crippen LogP contribution < -0.4 is 4.72 Å². The molecule has 0 aromatic heterocycles. The number of carbonyl (C=O) groups excluding carboxylic acids is 1. The van der Waals surface area contributed by atoms with Crippen LogP contribution >= 0.6 is 0 Å². The number of amides is 1. The lowest BCUT2D eigenvalue weighted by Gasteiger charge is -2.07. The van der Waals surface area contributed by atoms with Gasteiger partial charge in [-0.05, 0) is 18.6 Å². The molecule has 0 saturated carbocycles. The molecule has 0 aliphatic carbocycles. The summed E-state index contributed by atoms with van der Waals surface area (Å²) >= 11 is 0. The molecule has 0 fully saturated rings. The van der Waals surface area contributed by atoms with Crippen molar-refractivity contribution in [1.82, 2.24) is 4.72 Å². The van der Waals surface area contributed by atoms with Crippen molar-refractivity contribution in [3.8, 4) is 0 Å². The molecule has 0 atom stereocenters. The lowest BCUT2D eigenvalue weighted by Crippen LogP contribution is -2.28. The predicted octanol–water partition coefficient (Wildman–Crippen LogP) is 0.867. The van der Waals surface area contributed by atoms with Gasteiger partial charge in [-0.3, -0.25) is 14.9 Å². The van der Waals surface area contributed by atoms with Crippen LogP contribution in [0, 0.1) is 22.9 Å². The molecule has 9 heteroatoms. The minimum Gasteiger partial charge on any atom is -0.274 e. The van der Waals surface area contributed by atoms with Crippen LogP contribution in [0.1, 0.15) is 12.5 Å². The molecule has 98 valence electrons. The van der Waals surface area contributed by atoms with Crippen molar-refractivity contribution in [2.45, 2.75) is 18.7 Å². The second kappa shape index (κ2) is 4.69. The van der Waals surface area contributed by atoms with Crippen molar-refractivity contribution < 1.29 is 22.5 Å². The van der Waals surface area contributed by atoms with E-state index in [1.54, 1.807) is 4.72 Å². The number of rotatable bonds is 3. The van der Waals surface area contributed by atoms with Crippen molar-refractivity contribution >= 4 is 21.6 Å². The Hall–Kier alpha value is -2.03. The maximum absolute atomic E-state index is 13.2. The molecule has 0 radical (unpaired) electrons. The second-order valence-corrected chi connectivity index (χ2v) is 5.14. The minimum atomic E-state index is -4.23. The Morgan fingerprint density at radius 1 is 1.44 bits per heavy atom. The maximum Gasteiger partial charge on any atom is 0.306 e. The van der Waals surface area contributed by atoms with E-state index in [1.165, 1.54) is 6.92 Å². The number of hydrogen-bond donors (Lipinski definition) is 1. The van der Waals surface area contributed by atoms with Crippen LogP contribution in [-0.2, 0) is 14.8 Å². The number of nitro groups is 1. The third kappa shape index (κ3) is 2.80. The molecule has 0 aliphatic rings. The van der Waals surface area contributed by atoms with Crippen molar-refractivity contribution in [2.24, 2.45) is 0 Å². The third-order valence-corrected chi connectivity index (χ3v) is 3.58. The van der Waals surface area contributed by atoms with Gasteiger partial charge in [-0.15, -0.1) is 0 Å². The van der Waals surface area contributed by atoms with E-state index in [2.05, 4.69) is 0 Å². The summed E-state index contributed by atoms with van der Waals surface area (Å²) in [5.74, 6) is -1.99. The van der Waals surface area contributed by atoms with Gasteiger partial charge in [0, 0.05) is 13.0 Å². The zero-order valence-electron chi connectivity index (χ0n) is 9.43. The lowest BCUT2D eigenvalue weighted by molar-refractivity contribution is -0.387. The monoisotopic (exact) mass is 276 g/mol. The maximum atomic E-state index is 13.2. The first-order valence-electron chi connectivity index (χ1n) is 4.63. The number of nitrogens with zero attached hydrogens (tertiary/aromatic N) is 1. The topological polar surface area (TPSA) is 106 Å². The van der Waals surface area contributed by atoms with E-state index in [0.29, 0.717) is 6.07 Å². The Bertz CT molecular complexity index is 626. The number of hydrogen-bond acceptors (Lipinski definition) is 5. The zero-order chi connectivity index (χ0) is 14.1. The second-order valence-electron chi connectivity index (χ2n) is 3.49. The summed E-state index contributed by atoms with van der Waals surface area (Å²) in [5, 5.41) is 10.5. The van der Waals surface area contributed by atoms with Gasteiger partial charge in [-0.2, -0.15) is 4.39 Å². The fourth-order valence-corrected chi connectivity index (χ4v) is 2.55. The van der Waals surface area contributed by atoms with E-state index in [1.807, 2.05) is 0 Å². The molecule has 1 amide bonds. The van der Waals surface area contributed by atoms with Gasteiger partial charge in [-0.25, -0.2) is 13.1 Å². The van der Waals surface area contributed by atoms with Gasteiger partial charge < -0.3 is 0 Å². The van der Waals surface area contributed by atoms with Gasteiger partial charge in [-0.1, -0.05) is 0 Å². The summed E-state index contributed by atoms with van der Waals surface area (Å²) < 4.78 is 38.2. The molecular weight excluding hydrogens is 267 g/mol. The van der Waals surface area contributed by atoms with Gasteiger partial charge in [0.1, 0.15) is 0 Å². The number of benzene rings is 1. The predicted molar refractivity (Wildman–Crippen MR) is 58.8 cm³/mol. The number of aryl methyl sites for hydroxylation is 1. The molecule has 1 aromatic carbocycles. The van der Waals surface area contributed by atoms with Gasteiger partial charge in [0.2, 0.25) is 11.7 Å². The first-order valence-corrected chi connectivity index (χ1v) is 6.11. The Labute approximate surface area is 102 Å². The van der Waals surface area contributed by atoms with Gasteiger partial charge >= 0.3 is 5.69 Å². The molecule has 0 bridgehead atoms. The zero-order valence-corrected chi connectivity index (χ0v) is 10.2. The van der Waals surface area contributed by atoms with E-state index in [4.69, 9.17) is 0 Å². The number of sulfonamides is 1. The fourth-order valence-electron chi connectivity index (χ4n) is 1.32. The smallest absolute Gasteiger partial charge is 0.274 e. The van der Waals surface area contributed by atoms with Crippen molar-refractivity contribution in [1.29, 1.82) is 0 Å². The van der Waals surface area contributed by atoms with E-state index in [0.717, 1.165) is 13.0 Å². The first kappa shape index (κ1) is 14.0. The summed E-state index contributed by atoms with van der Waals surface area (Å²) in [6.07, 6.45) is 0. The molecule has 0 saturated heterocycles. The van der Waals surface area contributed by atoms with Crippen molar-refractivity contribution in [3.05, 3.63) is 33.6 Å². The highest BCUT2D eigenvalue weighted by molar-refractivity contribution is 7.90. The van der Waals surface area contributed by atoms with Crippen LogP contribution in [0.5, 0.6) is 0 Å². The molecule has 1 N–H and O–H groups in total. The molecule has 18 heavy (non-hydrogen) atoms. The van der Waals surface area contributed by atoms with Crippen molar-refractivity contribution in [2.75, 3.05) is 0 Å². The van der Waals surface area contributed by atoms with E-state index in [-0.39, 0.29) is 5.56 Å². The van der Waals surface area contributed by atoms with E-state index < -0.39 is 37.3 Å². The molecule has 0 heterocycles. The summed E-state index contributed by atoms with van der Waals surface area (Å²) in [6, 6.07) is 1.31. The normalized spacial score (nSPS) is 11.1. The Morgan fingerprint density at radius 3 is 2.44 bits per heavy atom. The largest absolute Gasteiger partial charge is 0.306 e. The first-order chi connectivity index (χ1) is 8.15. The quantitative estimate of drug-likeness (QED) is 0.651. The fraction of sp³-hybridized carbons (Fsp3) is 0.222. The van der Waals surface area contributed by atoms with Crippen LogP contribution in [0.25, 0.3) is 0 Å². The van der Waals surface area contributed by atoms with Crippen LogP contribution in [0.4, 0.5) is 10.1 Å². The average molecular weight is 276 g/mol. The van der Waals surface area contributed by atoms with Crippen molar-refractivity contribution in [3.63, 3.8) is 0 Å². The average Bonchev–Trinajstić information content (AvgIpc) is 2.13.